The van der Waals surface area contributed by atoms with E-state index in [-0.39, 0.29) is 0 Å². The van der Waals surface area contributed by atoms with E-state index >= 15 is 0 Å². The molecule has 2 aromatic carbocycles. The second-order valence-electron chi connectivity index (χ2n) is 6.58. The van der Waals surface area contributed by atoms with Crippen LogP contribution in [0.25, 0.3) is 39.0 Å². The predicted molar refractivity (Wildman–Crippen MR) is 119 cm³/mol. The summed E-state index contributed by atoms with van der Waals surface area (Å²) in [6.07, 6.45) is 4.01. The predicted octanol–water partition coefficient (Wildman–Crippen LogP) is 6.58. The van der Waals surface area contributed by atoms with E-state index in [9.17, 15) is 0 Å². The Morgan fingerprint density at radius 3 is 2.37 bits per heavy atom. The number of benzene rings is 2. The van der Waals surface area contributed by atoms with Crippen molar-refractivity contribution < 1.29 is 9.26 Å². The first-order valence-corrected chi connectivity index (χ1v) is 10.5. The Hall–Kier alpha value is -3.35. The van der Waals surface area contributed by atoms with Crippen LogP contribution in [0.1, 0.15) is 0 Å². The average Bonchev–Trinajstić information content (AvgIpc) is 3.54. The minimum absolute atomic E-state index is 0.451. The topological polar surface area (TPSA) is 53.1 Å². The summed E-state index contributed by atoms with van der Waals surface area (Å²) >= 11 is 7.63. The van der Waals surface area contributed by atoms with Crippen LogP contribution < -0.4 is 4.74 Å². The van der Waals surface area contributed by atoms with Crippen LogP contribution in [0, 0.1) is 0 Å². The molecule has 0 fully saturated rings. The molecule has 3 aromatic heterocycles. The Balaban J connectivity index is 1.64. The summed E-state index contributed by atoms with van der Waals surface area (Å²) in [6.45, 7) is 0. The number of methoxy groups -OCH3 is 1. The lowest BCUT2D eigenvalue weighted by molar-refractivity contribution is 0.415. The Bertz CT molecular complexity index is 1270. The van der Waals surface area contributed by atoms with Crippen LogP contribution in [0.2, 0.25) is 5.02 Å². The number of rotatable bonds is 5. The van der Waals surface area contributed by atoms with Crippen molar-refractivity contribution in [3.63, 3.8) is 0 Å². The largest absolute Gasteiger partial charge is 0.497 e. The minimum Gasteiger partial charge on any atom is -0.497 e. The van der Waals surface area contributed by atoms with Crippen molar-refractivity contribution in [2.24, 2.45) is 0 Å². The molecule has 0 unspecified atom stereocenters. The third-order valence-electron chi connectivity index (χ3n) is 4.75. The van der Waals surface area contributed by atoms with Gasteiger partial charge in [0.15, 0.2) is 0 Å². The molecular formula is C23H16ClN3O2S. The normalized spacial score (nSPS) is 11.0. The molecule has 0 saturated carbocycles. The van der Waals surface area contributed by atoms with E-state index in [4.69, 9.17) is 25.8 Å². The van der Waals surface area contributed by atoms with Crippen molar-refractivity contribution in [3.05, 3.63) is 83.5 Å². The SMILES string of the molecule is COc1ccc(-c2csc(-n3cccc3)c2-c2noc(-c3ccc(Cl)cc3)n2)cc1. The lowest BCUT2D eigenvalue weighted by Gasteiger charge is -2.06. The standard InChI is InChI=1S/C23H16ClN3O2S/c1-28-18-10-6-15(7-11-18)19-14-30-23(27-12-2-3-13-27)20(19)21-25-22(29-26-21)16-4-8-17(24)9-5-16/h2-14H,1H3. The van der Waals surface area contributed by atoms with Gasteiger partial charge in [0.05, 0.1) is 12.7 Å². The molecule has 0 aliphatic rings. The maximum atomic E-state index is 6.00. The Morgan fingerprint density at radius 1 is 0.967 bits per heavy atom. The zero-order valence-corrected chi connectivity index (χ0v) is 17.5. The highest BCUT2D eigenvalue weighted by Gasteiger charge is 2.22. The van der Waals surface area contributed by atoms with E-state index in [2.05, 4.69) is 15.1 Å². The fourth-order valence-electron chi connectivity index (χ4n) is 3.24. The first-order valence-electron chi connectivity index (χ1n) is 9.22. The summed E-state index contributed by atoms with van der Waals surface area (Å²) in [6, 6.07) is 19.3. The van der Waals surface area contributed by atoms with E-state index < -0.39 is 0 Å². The third-order valence-corrected chi connectivity index (χ3v) is 6.00. The monoisotopic (exact) mass is 433 g/mol. The summed E-state index contributed by atoms with van der Waals surface area (Å²) in [5.41, 5.74) is 3.83. The zero-order chi connectivity index (χ0) is 20.5. The molecule has 0 bridgehead atoms. The molecule has 0 atom stereocenters. The Kier molecular flexibility index (Phi) is 4.86. The third kappa shape index (κ3) is 3.40. The molecular weight excluding hydrogens is 418 g/mol. The van der Waals surface area contributed by atoms with Gasteiger partial charge in [-0.3, -0.25) is 0 Å². The van der Waals surface area contributed by atoms with Gasteiger partial charge in [-0.15, -0.1) is 11.3 Å². The first kappa shape index (κ1) is 18.7. The number of hydrogen-bond donors (Lipinski definition) is 0. The molecule has 30 heavy (non-hydrogen) atoms. The van der Waals surface area contributed by atoms with Crippen LogP contribution in [-0.4, -0.2) is 21.8 Å². The summed E-state index contributed by atoms with van der Waals surface area (Å²) in [5, 5.41) is 8.10. The van der Waals surface area contributed by atoms with Crippen LogP contribution >= 0.6 is 22.9 Å². The van der Waals surface area contributed by atoms with Gasteiger partial charge in [0.2, 0.25) is 5.82 Å². The molecule has 0 radical (unpaired) electrons. The number of aromatic nitrogens is 3. The van der Waals surface area contributed by atoms with E-state index in [1.807, 2.05) is 60.9 Å². The molecule has 0 aliphatic carbocycles. The molecule has 5 aromatic rings. The van der Waals surface area contributed by atoms with Crippen LogP contribution in [0.4, 0.5) is 0 Å². The van der Waals surface area contributed by atoms with Crippen molar-refractivity contribution in [3.8, 4) is 44.7 Å². The second-order valence-corrected chi connectivity index (χ2v) is 7.87. The van der Waals surface area contributed by atoms with Gasteiger partial charge in [-0.2, -0.15) is 4.98 Å². The van der Waals surface area contributed by atoms with Crippen molar-refractivity contribution >= 4 is 22.9 Å². The summed E-state index contributed by atoms with van der Waals surface area (Å²) in [5.74, 6) is 1.80. The number of hydrogen-bond acceptors (Lipinski definition) is 5. The molecule has 0 saturated heterocycles. The fraction of sp³-hybridized carbons (Fsp3) is 0.0435. The van der Waals surface area contributed by atoms with E-state index in [0.717, 1.165) is 33.0 Å². The van der Waals surface area contributed by atoms with Crippen LogP contribution in [0.5, 0.6) is 5.75 Å². The molecule has 5 rings (SSSR count). The highest BCUT2D eigenvalue weighted by Crippen LogP contribution is 2.41. The van der Waals surface area contributed by atoms with Crippen molar-refractivity contribution in [1.29, 1.82) is 0 Å². The molecule has 0 amide bonds. The molecule has 7 heteroatoms. The molecule has 148 valence electrons. The van der Waals surface area contributed by atoms with E-state index in [1.54, 1.807) is 30.6 Å². The highest BCUT2D eigenvalue weighted by molar-refractivity contribution is 7.13. The molecule has 0 N–H and O–H groups in total. The smallest absolute Gasteiger partial charge is 0.258 e. The van der Waals surface area contributed by atoms with Crippen molar-refractivity contribution in [1.82, 2.24) is 14.7 Å². The Morgan fingerprint density at radius 2 is 1.67 bits per heavy atom. The van der Waals surface area contributed by atoms with Gasteiger partial charge in [-0.05, 0) is 54.1 Å². The second kappa shape index (κ2) is 7.82. The van der Waals surface area contributed by atoms with Gasteiger partial charge >= 0.3 is 0 Å². The van der Waals surface area contributed by atoms with Gasteiger partial charge in [0.25, 0.3) is 5.89 Å². The summed E-state index contributed by atoms with van der Waals surface area (Å²) in [7, 11) is 1.66. The number of nitrogens with zero attached hydrogens (tertiary/aromatic N) is 3. The van der Waals surface area contributed by atoms with Crippen molar-refractivity contribution in [2.45, 2.75) is 0 Å². The van der Waals surface area contributed by atoms with E-state index in [0.29, 0.717) is 16.7 Å². The van der Waals surface area contributed by atoms with Gasteiger partial charge in [0.1, 0.15) is 10.8 Å². The lowest BCUT2D eigenvalue weighted by atomic mass is 10.0. The maximum Gasteiger partial charge on any atom is 0.258 e. The summed E-state index contributed by atoms with van der Waals surface area (Å²) in [4.78, 5) is 4.69. The molecule has 0 spiro atoms. The van der Waals surface area contributed by atoms with Gasteiger partial charge in [-0.25, -0.2) is 0 Å². The van der Waals surface area contributed by atoms with Gasteiger partial charge in [0, 0.05) is 33.9 Å². The highest BCUT2D eigenvalue weighted by atomic mass is 35.5. The van der Waals surface area contributed by atoms with E-state index in [1.165, 1.54) is 0 Å². The lowest BCUT2D eigenvalue weighted by Crippen LogP contribution is -1.92. The average molecular weight is 434 g/mol. The van der Waals surface area contributed by atoms with Crippen LogP contribution in [-0.2, 0) is 0 Å². The van der Waals surface area contributed by atoms with Gasteiger partial charge < -0.3 is 13.8 Å². The van der Waals surface area contributed by atoms with Crippen LogP contribution in [0.15, 0.2) is 83.0 Å². The minimum atomic E-state index is 0.451. The van der Waals surface area contributed by atoms with Gasteiger partial charge in [-0.1, -0.05) is 28.9 Å². The number of ether oxygens (including phenoxy) is 1. The first-order chi connectivity index (χ1) is 14.7. The fourth-order valence-corrected chi connectivity index (χ4v) is 4.41. The quantitative estimate of drug-likeness (QED) is 0.314. The maximum absolute atomic E-state index is 6.00. The number of halogens is 1. The molecule has 5 nitrogen and oxygen atoms in total. The zero-order valence-electron chi connectivity index (χ0n) is 15.9. The number of thiophene rings is 1. The summed E-state index contributed by atoms with van der Waals surface area (Å²) < 4.78 is 12.9. The molecule has 3 heterocycles. The van der Waals surface area contributed by atoms with Crippen molar-refractivity contribution in [2.75, 3.05) is 7.11 Å². The molecule has 0 aliphatic heterocycles. The Labute approximate surface area is 182 Å². The van der Waals surface area contributed by atoms with Crippen LogP contribution in [0.3, 0.4) is 0 Å².